The summed E-state index contributed by atoms with van der Waals surface area (Å²) in [6, 6.07) is 0. The van der Waals surface area contributed by atoms with Gasteiger partial charge in [0, 0.05) is 0 Å². The summed E-state index contributed by atoms with van der Waals surface area (Å²) in [5.74, 6) is 1.66. The Bertz CT molecular complexity index is 141. The number of hydrogen-bond acceptors (Lipinski definition) is 2. The molecule has 0 unspecified atom stereocenters. The molecular weight excluding hydrogens is 152 g/mol. The SMILES string of the molecule is OC[C@H]1C[C@H](C2CCCC2)CO1. The fraction of sp³-hybridized carbons (Fsp3) is 1.00. The van der Waals surface area contributed by atoms with Crippen LogP contribution in [0.4, 0.5) is 0 Å². The van der Waals surface area contributed by atoms with Gasteiger partial charge in [-0.15, -0.1) is 0 Å². The van der Waals surface area contributed by atoms with Crippen LogP contribution >= 0.6 is 0 Å². The quantitative estimate of drug-likeness (QED) is 0.681. The minimum absolute atomic E-state index is 0.149. The first kappa shape index (κ1) is 8.52. The average molecular weight is 170 g/mol. The molecule has 12 heavy (non-hydrogen) atoms. The van der Waals surface area contributed by atoms with Gasteiger partial charge in [0.1, 0.15) is 0 Å². The van der Waals surface area contributed by atoms with Gasteiger partial charge in [-0.05, 0) is 18.3 Å². The predicted molar refractivity (Wildman–Crippen MR) is 46.9 cm³/mol. The van der Waals surface area contributed by atoms with Crippen molar-refractivity contribution < 1.29 is 9.84 Å². The van der Waals surface area contributed by atoms with Gasteiger partial charge in [0.2, 0.25) is 0 Å². The van der Waals surface area contributed by atoms with Crippen LogP contribution in [-0.4, -0.2) is 24.4 Å². The molecule has 2 fully saturated rings. The van der Waals surface area contributed by atoms with Crippen molar-refractivity contribution in [3.63, 3.8) is 0 Å². The number of ether oxygens (including phenoxy) is 1. The molecule has 1 saturated carbocycles. The Morgan fingerprint density at radius 3 is 2.50 bits per heavy atom. The van der Waals surface area contributed by atoms with Crippen LogP contribution in [0.15, 0.2) is 0 Å². The fourth-order valence-corrected chi connectivity index (χ4v) is 2.62. The Kier molecular flexibility index (Phi) is 2.66. The summed E-state index contributed by atoms with van der Waals surface area (Å²) < 4.78 is 5.48. The average Bonchev–Trinajstić information content (AvgIpc) is 2.75. The molecule has 0 radical (unpaired) electrons. The van der Waals surface area contributed by atoms with E-state index in [1.165, 1.54) is 25.7 Å². The number of aliphatic hydroxyl groups is 1. The van der Waals surface area contributed by atoms with E-state index in [0.29, 0.717) is 0 Å². The first-order chi connectivity index (χ1) is 5.90. The lowest BCUT2D eigenvalue weighted by molar-refractivity contribution is 0.0559. The largest absolute Gasteiger partial charge is 0.394 e. The first-order valence-corrected chi connectivity index (χ1v) is 5.12. The molecule has 2 heteroatoms. The third kappa shape index (κ3) is 1.64. The van der Waals surface area contributed by atoms with E-state index in [0.717, 1.165) is 24.9 Å². The summed E-state index contributed by atoms with van der Waals surface area (Å²) in [5.41, 5.74) is 0. The normalized spacial score (nSPS) is 37.8. The van der Waals surface area contributed by atoms with E-state index in [2.05, 4.69) is 0 Å². The Morgan fingerprint density at radius 1 is 1.17 bits per heavy atom. The molecule has 0 amide bonds. The van der Waals surface area contributed by atoms with Crippen molar-refractivity contribution >= 4 is 0 Å². The first-order valence-electron chi connectivity index (χ1n) is 5.12. The minimum atomic E-state index is 0.149. The van der Waals surface area contributed by atoms with Gasteiger partial charge in [-0.3, -0.25) is 0 Å². The van der Waals surface area contributed by atoms with Crippen LogP contribution in [0.3, 0.4) is 0 Å². The van der Waals surface area contributed by atoms with Crippen molar-refractivity contribution in [2.24, 2.45) is 11.8 Å². The van der Waals surface area contributed by atoms with E-state index >= 15 is 0 Å². The summed E-state index contributed by atoms with van der Waals surface area (Å²) in [7, 11) is 0. The van der Waals surface area contributed by atoms with E-state index in [-0.39, 0.29) is 12.7 Å². The van der Waals surface area contributed by atoms with Gasteiger partial charge in [-0.25, -0.2) is 0 Å². The van der Waals surface area contributed by atoms with Crippen LogP contribution in [0, 0.1) is 11.8 Å². The summed E-state index contributed by atoms with van der Waals surface area (Å²) in [4.78, 5) is 0. The number of aliphatic hydroxyl groups excluding tert-OH is 1. The molecule has 1 N–H and O–H groups in total. The van der Waals surface area contributed by atoms with Crippen LogP contribution in [0.1, 0.15) is 32.1 Å². The molecule has 1 saturated heterocycles. The smallest absolute Gasteiger partial charge is 0.0809 e. The van der Waals surface area contributed by atoms with Gasteiger partial charge in [-0.1, -0.05) is 25.7 Å². The molecule has 0 spiro atoms. The topological polar surface area (TPSA) is 29.5 Å². The van der Waals surface area contributed by atoms with E-state index in [1.807, 2.05) is 0 Å². The van der Waals surface area contributed by atoms with Crippen LogP contribution in [0.2, 0.25) is 0 Å². The molecule has 2 rings (SSSR count). The predicted octanol–water partition coefficient (Wildman–Crippen LogP) is 1.57. The van der Waals surface area contributed by atoms with Gasteiger partial charge >= 0.3 is 0 Å². The van der Waals surface area contributed by atoms with Gasteiger partial charge in [0.25, 0.3) is 0 Å². The van der Waals surface area contributed by atoms with E-state index < -0.39 is 0 Å². The maximum Gasteiger partial charge on any atom is 0.0809 e. The lowest BCUT2D eigenvalue weighted by atomic mass is 9.89. The van der Waals surface area contributed by atoms with Crippen molar-refractivity contribution in [3.8, 4) is 0 Å². The molecule has 1 heterocycles. The van der Waals surface area contributed by atoms with Gasteiger partial charge in [-0.2, -0.15) is 0 Å². The van der Waals surface area contributed by atoms with Crippen molar-refractivity contribution in [1.82, 2.24) is 0 Å². The summed E-state index contributed by atoms with van der Waals surface area (Å²) in [6.07, 6.45) is 6.85. The van der Waals surface area contributed by atoms with Crippen molar-refractivity contribution in [3.05, 3.63) is 0 Å². The lowest BCUT2D eigenvalue weighted by Crippen LogP contribution is -2.13. The van der Waals surface area contributed by atoms with Crippen molar-refractivity contribution in [2.75, 3.05) is 13.2 Å². The van der Waals surface area contributed by atoms with Crippen LogP contribution in [0.5, 0.6) is 0 Å². The molecule has 2 nitrogen and oxygen atoms in total. The van der Waals surface area contributed by atoms with Crippen LogP contribution in [-0.2, 0) is 4.74 Å². The third-order valence-corrected chi connectivity index (χ3v) is 3.38. The third-order valence-electron chi connectivity index (χ3n) is 3.38. The second-order valence-corrected chi connectivity index (χ2v) is 4.18. The molecule has 70 valence electrons. The fourth-order valence-electron chi connectivity index (χ4n) is 2.62. The van der Waals surface area contributed by atoms with E-state index in [9.17, 15) is 0 Å². The second kappa shape index (κ2) is 3.75. The lowest BCUT2D eigenvalue weighted by Gasteiger charge is -2.15. The van der Waals surface area contributed by atoms with Crippen LogP contribution < -0.4 is 0 Å². The molecule has 0 aromatic heterocycles. The number of rotatable bonds is 2. The Balaban J connectivity index is 1.81. The van der Waals surface area contributed by atoms with Crippen molar-refractivity contribution in [1.29, 1.82) is 0 Å². The molecule has 2 atom stereocenters. The highest BCUT2D eigenvalue weighted by atomic mass is 16.5. The molecule has 0 bridgehead atoms. The van der Waals surface area contributed by atoms with Gasteiger partial charge < -0.3 is 9.84 Å². The molecule has 1 aliphatic carbocycles. The summed E-state index contributed by atoms with van der Waals surface area (Å²) >= 11 is 0. The molecule has 0 aromatic carbocycles. The maximum absolute atomic E-state index is 8.90. The zero-order chi connectivity index (χ0) is 8.39. The maximum atomic E-state index is 8.90. The Morgan fingerprint density at radius 2 is 1.92 bits per heavy atom. The van der Waals surface area contributed by atoms with Gasteiger partial charge in [0.15, 0.2) is 0 Å². The number of hydrogen-bond donors (Lipinski definition) is 1. The summed E-state index contributed by atoms with van der Waals surface area (Å²) in [6.45, 7) is 1.11. The highest BCUT2D eigenvalue weighted by Gasteiger charge is 2.32. The van der Waals surface area contributed by atoms with E-state index in [4.69, 9.17) is 9.84 Å². The highest BCUT2D eigenvalue weighted by Crippen LogP contribution is 2.37. The molecule has 1 aliphatic heterocycles. The standard InChI is InChI=1S/C10H18O2/c11-6-10-5-9(7-12-10)8-3-1-2-4-8/h8-11H,1-7H2/t9-,10+/m0/s1. The van der Waals surface area contributed by atoms with Crippen LogP contribution in [0.25, 0.3) is 0 Å². The molecular formula is C10H18O2. The Labute approximate surface area is 73.9 Å². The minimum Gasteiger partial charge on any atom is -0.394 e. The zero-order valence-corrected chi connectivity index (χ0v) is 7.54. The molecule has 2 aliphatic rings. The highest BCUT2D eigenvalue weighted by molar-refractivity contribution is 4.81. The van der Waals surface area contributed by atoms with Gasteiger partial charge in [0.05, 0.1) is 19.3 Å². The monoisotopic (exact) mass is 170 g/mol. The van der Waals surface area contributed by atoms with Crippen molar-refractivity contribution in [2.45, 2.75) is 38.2 Å². The summed E-state index contributed by atoms with van der Waals surface area (Å²) in [5, 5.41) is 8.90. The second-order valence-electron chi connectivity index (χ2n) is 4.18. The zero-order valence-electron chi connectivity index (χ0n) is 7.54. The molecule has 0 aromatic rings. The van der Waals surface area contributed by atoms with E-state index in [1.54, 1.807) is 0 Å². The Hall–Kier alpha value is -0.0800.